The second-order valence-electron chi connectivity index (χ2n) is 4.02. The van der Waals surface area contributed by atoms with Crippen molar-refractivity contribution < 1.29 is 14.6 Å². The smallest absolute Gasteiger partial charge is 0.308 e. The molecule has 1 rings (SSSR count). The zero-order chi connectivity index (χ0) is 10.7. The van der Waals surface area contributed by atoms with Gasteiger partial charge in [0.15, 0.2) is 0 Å². The van der Waals surface area contributed by atoms with Gasteiger partial charge in [0.1, 0.15) is 0 Å². The van der Waals surface area contributed by atoms with E-state index in [4.69, 9.17) is 9.84 Å². The standard InChI is InChI=1S/C10H19NO3/c1-7(10(12)13)9(14-3)8-5-4-6-11(8)2/h7-9H,4-6H2,1-3H3,(H,12,13)/t7-,8+,9-/m1/s1. The van der Waals surface area contributed by atoms with E-state index in [0.29, 0.717) is 0 Å². The van der Waals surface area contributed by atoms with E-state index in [1.165, 1.54) is 0 Å². The molecule has 0 unspecified atom stereocenters. The molecule has 3 atom stereocenters. The van der Waals surface area contributed by atoms with E-state index in [1.807, 2.05) is 7.05 Å². The molecule has 0 aromatic carbocycles. The molecular weight excluding hydrogens is 182 g/mol. The summed E-state index contributed by atoms with van der Waals surface area (Å²) in [5.74, 6) is -1.22. The number of aliphatic carboxylic acids is 1. The normalized spacial score (nSPS) is 27.5. The summed E-state index contributed by atoms with van der Waals surface area (Å²) < 4.78 is 5.31. The van der Waals surface area contributed by atoms with Gasteiger partial charge in [-0.15, -0.1) is 0 Å². The van der Waals surface area contributed by atoms with Gasteiger partial charge in [-0.25, -0.2) is 0 Å². The highest BCUT2D eigenvalue weighted by molar-refractivity contribution is 5.70. The summed E-state index contributed by atoms with van der Waals surface area (Å²) >= 11 is 0. The Bertz CT molecular complexity index is 208. The average Bonchev–Trinajstić information content (AvgIpc) is 2.53. The van der Waals surface area contributed by atoms with Gasteiger partial charge in [-0.05, 0) is 33.4 Å². The number of carboxylic acid groups (broad SMARTS) is 1. The van der Waals surface area contributed by atoms with Gasteiger partial charge < -0.3 is 14.7 Å². The first-order valence-electron chi connectivity index (χ1n) is 5.03. The fourth-order valence-electron chi connectivity index (χ4n) is 2.19. The third-order valence-electron chi connectivity index (χ3n) is 3.11. The van der Waals surface area contributed by atoms with Crippen LogP contribution in [0, 0.1) is 5.92 Å². The Morgan fingerprint density at radius 1 is 1.64 bits per heavy atom. The third-order valence-corrected chi connectivity index (χ3v) is 3.11. The van der Waals surface area contributed by atoms with Crippen LogP contribution in [0.1, 0.15) is 19.8 Å². The van der Waals surface area contributed by atoms with Crippen LogP contribution in [0.5, 0.6) is 0 Å². The number of hydrogen-bond donors (Lipinski definition) is 1. The Balaban J connectivity index is 2.65. The summed E-state index contributed by atoms with van der Waals surface area (Å²) in [4.78, 5) is 13.1. The van der Waals surface area contributed by atoms with Crippen LogP contribution in [0.3, 0.4) is 0 Å². The summed E-state index contributed by atoms with van der Waals surface area (Å²) in [6.07, 6.45) is 1.97. The molecule has 0 spiro atoms. The Kier molecular flexibility index (Phi) is 3.89. The van der Waals surface area contributed by atoms with E-state index in [2.05, 4.69) is 4.90 Å². The quantitative estimate of drug-likeness (QED) is 0.731. The van der Waals surface area contributed by atoms with E-state index >= 15 is 0 Å². The molecule has 0 bridgehead atoms. The van der Waals surface area contributed by atoms with Crippen LogP contribution in [0.15, 0.2) is 0 Å². The molecular formula is C10H19NO3. The predicted octanol–water partition coefficient (Wildman–Crippen LogP) is 0.816. The van der Waals surface area contributed by atoms with E-state index in [-0.39, 0.29) is 12.1 Å². The lowest BCUT2D eigenvalue weighted by Crippen LogP contribution is -2.43. The van der Waals surface area contributed by atoms with Crippen LogP contribution >= 0.6 is 0 Å². The number of rotatable bonds is 4. The van der Waals surface area contributed by atoms with Crippen molar-refractivity contribution in [3.05, 3.63) is 0 Å². The van der Waals surface area contributed by atoms with Crippen LogP contribution in [-0.2, 0) is 9.53 Å². The molecule has 1 fully saturated rings. The maximum Gasteiger partial charge on any atom is 0.308 e. The Hall–Kier alpha value is -0.610. The fraction of sp³-hybridized carbons (Fsp3) is 0.900. The lowest BCUT2D eigenvalue weighted by atomic mass is 9.96. The SMILES string of the molecule is CO[C@H]([C@@H](C)C(=O)O)[C@@H]1CCCN1C. The number of carbonyl (C=O) groups is 1. The van der Waals surface area contributed by atoms with Crippen molar-refractivity contribution in [2.45, 2.75) is 31.9 Å². The second kappa shape index (κ2) is 4.75. The van der Waals surface area contributed by atoms with E-state index in [1.54, 1.807) is 14.0 Å². The number of hydrogen-bond acceptors (Lipinski definition) is 3. The minimum atomic E-state index is -0.780. The lowest BCUT2D eigenvalue weighted by molar-refractivity contribution is -0.147. The van der Waals surface area contributed by atoms with Crippen LogP contribution in [0.25, 0.3) is 0 Å². The largest absolute Gasteiger partial charge is 0.481 e. The van der Waals surface area contributed by atoms with Gasteiger partial charge in [0.25, 0.3) is 0 Å². The summed E-state index contributed by atoms with van der Waals surface area (Å²) in [7, 11) is 3.62. The molecule has 82 valence electrons. The number of carboxylic acids is 1. The van der Waals surface area contributed by atoms with Crippen molar-refractivity contribution in [1.29, 1.82) is 0 Å². The first-order chi connectivity index (χ1) is 6.57. The van der Waals surface area contributed by atoms with Crippen LogP contribution in [-0.4, -0.2) is 48.8 Å². The molecule has 0 amide bonds. The monoisotopic (exact) mass is 201 g/mol. The third kappa shape index (κ3) is 2.25. The van der Waals surface area contributed by atoms with Gasteiger partial charge >= 0.3 is 5.97 Å². The van der Waals surface area contributed by atoms with E-state index in [9.17, 15) is 4.79 Å². The Morgan fingerprint density at radius 2 is 2.29 bits per heavy atom. The van der Waals surface area contributed by atoms with Crippen molar-refractivity contribution in [3.8, 4) is 0 Å². The predicted molar refractivity (Wildman–Crippen MR) is 53.2 cm³/mol. The maximum absolute atomic E-state index is 10.9. The van der Waals surface area contributed by atoms with E-state index < -0.39 is 11.9 Å². The topological polar surface area (TPSA) is 49.8 Å². The van der Waals surface area contributed by atoms with Gasteiger partial charge in [-0.3, -0.25) is 4.79 Å². The molecule has 14 heavy (non-hydrogen) atoms. The molecule has 0 saturated carbocycles. The summed E-state index contributed by atoms with van der Waals surface area (Å²) in [6.45, 7) is 2.75. The molecule has 0 radical (unpaired) electrons. The molecule has 4 heteroatoms. The molecule has 4 nitrogen and oxygen atoms in total. The number of ether oxygens (including phenoxy) is 1. The number of likely N-dealkylation sites (N-methyl/N-ethyl adjacent to an activating group) is 1. The molecule has 0 aliphatic carbocycles. The molecule has 1 aliphatic rings. The molecule has 1 N–H and O–H groups in total. The van der Waals surface area contributed by atoms with Gasteiger partial charge in [0.2, 0.25) is 0 Å². The average molecular weight is 201 g/mol. The summed E-state index contributed by atoms with van der Waals surface area (Å²) in [6, 6.07) is 0.256. The van der Waals surface area contributed by atoms with Crippen LogP contribution in [0.2, 0.25) is 0 Å². The van der Waals surface area contributed by atoms with Crippen LogP contribution in [0.4, 0.5) is 0 Å². The fourth-order valence-corrected chi connectivity index (χ4v) is 2.19. The summed E-state index contributed by atoms with van der Waals surface area (Å²) in [5.41, 5.74) is 0. The number of likely N-dealkylation sites (tertiary alicyclic amines) is 1. The van der Waals surface area contributed by atoms with E-state index in [0.717, 1.165) is 19.4 Å². The number of nitrogens with zero attached hydrogens (tertiary/aromatic N) is 1. The highest BCUT2D eigenvalue weighted by Crippen LogP contribution is 2.24. The van der Waals surface area contributed by atoms with Crippen molar-refractivity contribution in [2.24, 2.45) is 5.92 Å². The van der Waals surface area contributed by atoms with Crippen molar-refractivity contribution >= 4 is 5.97 Å². The first kappa shape index (κ1) is 11.5. The molecule has 0 aromatic heterocycles. The second-order valence-corrected chi connectivity index (χ2v) is 4.02. The first-order valence-corrected chi connectivity index (χ1v) is 5.03. The molecule has 1 aliphatic heterocycles. The zero-order valence-electron chi connectivity index (χ0n) is 9.06. The maximum atomic E-state index is 10.9. The Labute approximate surface area is 84.8 Å². The molecule has 0 aromatic rings. The van der Waals surface area contributed by atoms with Gasteiger partial charge in [0, 0.05) is 13.2 Å². The minimum absolute atomic E-state index is 0.194. The van der Waals surface area contributed by atoms with Gasteiger partial charge in [-0.2, -0.15) is 0 Å². The van der Waals surface area contributed by atoms with Crippen LogP contribution < -0.4 is 0 Å². The highest BCUT2D eigenvalue weighted by atomic mass is 16.5. The lowest BCUT2D eigenvalue weighted by Gasteiger charge is -2.30. The van der Waals surface area contributed by atoms with Crippen molar-refractivity contribution in [1.82, 2.24) is 4.90 Å². The van der Waals surface area contributed by atoms with Gasteiger partial charge in [0.05, 0.1) is 12.0 Å². The van der Waals surface area contributed by atoms with Crippen molar-refractivity contribution in [2.75, 3.05) is 20.7 Å². The van der Waals surface area contributed by atoms with Crippen molar-refractivity contribution in [3.63, 3.8) is 0 Å². The van der Waals surface area contributed by atoms with Gasteiger partial charge in [-0.1, -0.05) is 0 Å². The zero-order valence-corrected chi connectivity index (χ0v) is 9.06. The molecule has 1 heterocycles. The summed E-state index contributed by atoms with van der Waals surface area (Å²) in [5, 5.41) is 8.93. The molecule has 1 saturated heterocycles. The highest BCUT2D eigenvalue weighted by Gasteiger charge is 2.35. The minimum Gasteiger partial charge on any atom is -0.481 e. The Morgan fingerprint density at radius 3 is 2.64 bits per heavy atom. The number of methoxy groups -OCH3 is 1.